The molecule has 31 rings (SSSR count). The first-order valence-electron chi connectivity index (χ1n) is 43.1. The smallest absolute Gasteiger partial charge is 0.135 e. The van der Waals surface area contributed by atoms with Crippen LogP contribution in [-0.4, -0.2) is 0 Å². The van der Waals surface area contributed by atoms with Gasteiger partial charge >= 0.3 is 0 Å². The highest BCUT2D eigenvalue weighted by Gasteiger charge is 2.33. The van der Waals surface area contributed by atoms with Gasteiger partial charge in [0, 0.05) is 52.0 Å². The minimum atomic E-state index is 0.893. The number of para-hydroxylation sites is 4. The van der Waals surface area contributed by atoms with Gasteiger partial charge in [0.25, 0.3) is 0 Å². The zero-order chi connectivity index (χ0) is 81.9. The summed E-state index contributed by atoms with van der Waals surface area (Å²) in [5.41, 5.74) is 19.4. The molecule has 0 saturated heterocycles. The van der Waals surface area contributed by atoms with Crippen LogP contribution in [-0.2, 0) is 0 Å². The van der Waals surface area contributed by atoms with Crippen LogP contribution in [0.25, 0.3) is 316 Å². The average molecular weight is 1730 g/mol. The Morgan fingerprint density at radius 3 is 0.794 bits per heavy atom. The van der Waals surface area contributed by atoms with Crippen molar-refractivity contribution in [3.05, 3.63) is 373 Å². The van der Waals surface area contributed by atoms with Gasteiger partial charge in [-0.15, -0.1) is 0 Å². The molecule has 126 heavy (non-hydrogen) atoms. The van der Waals surface area contributed by atoms with Crippen molar-refractivity contribution in [2.24, 2.45) is 0 Å². The van der Waals surface area contributed by atoms with Crippen molar-refractivity contribution in [2.75, 3.05) is 0 Å². The van der Waals surface area contributed by atoms with Gasteiger partial charge in [-0.2, -0.15) is 0 Å². The zero-order valence-corrected chi connectivity index (χ0v) is 70.2. The predicted molar refractivity (Wildman–Crippen MR) is 541 cm³/mol. The second kappa shape index (κ2) is 24.7. The first-order chi connectivity index (χ1) is 62.3. The number of halogens is 2. The molecule has 0 aliphatic rings. The van der Waals surface area contributed by atoms with Gasteiger partial charge in [-0.05, 0) is 313 Å². The lowest BCUT2D eigenvalue weighted by atomic mass is 9.86. The SMILES string of the molecule is Brc1ccc2c3c(-c4ccc5oc6ccccc6c5c4)c4c5ccc6c7cccc8cccc(c9ccc(c4c(-c4ccc%10oc%11ccccc%11c%10c4)c3c3cccc1c32)c5c96)c87.Brc1ccc2c3c(-c4ccc5oc6ccccc6c5c4)c4c5cccc6c(-c7cccc8ccccc78)ccc(c4c(-c4ccc7oc8ccccc8c7c4)c3c3cccc1c23)c65. The molecule has 4 heterocycles. The van der Waals surface area contributed by atoms with Crippen LogP contribution in [0.4, 0.5) is 0 Å². The summed E-state index contributed by atoms with van der Waals surface area (Å²) in [7, 11) is 0. The molecule has 6 heteroatoms. The molecule has 0 bridgehead atoms. The third-order valence-electron chi connectivity index (χ3n) is 28.6. The van der Waals surface area contributed by atoms with E-state index < -0.39 is 0 Å². The summed E-state index contributed by atoms with van der Waals surface area (Å²) in [5.74, 6) is 0. The summed E-state index contributed by atoms with van der Waals surface area (Å²) in [6.07, 6.45) is 0. The van der Waals surface area contributed by atoms with Gasteiger partial charge in [0.15, 0.2) is 0 Å². The van der Waals surface area contributed by atoms with E-state index in [-0.39, 0.29) is 0 Å². The molecular weight excluding hydrogens is 1670 g/mol. The fourth-order valence-electron chi connectivity index (χ4n) is 23.6. The van der Waals surface area contributed by atoms with Crippen molar-refractivity contribution >= 4 is 292 Å². The Bertz CT molecular complexity index is 9880. The molecule has 27 aromatic carbocycles. The van der Waals surface area contributed by atoms with E-state index in [1.807, 2.05) is 12.1 Å². The number of hydrogen-bond acceptors (Lipinski definition) is 4. The molecule has 4 aromatic heterocycles. The van der Waals surface area contributed by atoms with Gasteiger partial charge in [0.1, 0.15) is 44.7 Å². The van der Waals surface area contributed by atoms with Crippen LogP contribution >= 0.6 is 31.9 Å². The highest BCUT2D eigenvalue weighted by Crippen LogP contribution is 2.61. The van der Waals surface area contributed by atoms with Crippen molar-refractivity contribution in [3.8, 4) is 55.6 Å². The van der Waals surface area contributed by atoms with E-state index in [0.29, 0.717) is 0 Å². The van der Waals surface area contributed by atoms with E-state index in [4.69, 9.17) is 17.7 Å². The molecule has 31 aromatic rings. The van der Waals surface area contributed by atoms with Gasteiger partial charge < -0.3 is 17.7 Å². The largest absolute Gasteiger partial charge is 0.456 e. The molecule has 0 saturated carbocycles. The van der Waals surface area contributed by atoms with Gasteiger partial charge in [-0.25, -0.2) is 0 Å². The Morgan fingerprint density at radius 1 is 0.135 bits per heavy atom. The first-order valence-corrected chi connectivity index (χ1v) is 44.7. The number of furan rings is 4. The molecule has 578 valence electrons. The summed E-state index contributed by atoms with van der Waals surface area (Å²) in [4.78, 5) is 0. The molecule has 0 radical (unpaired) electrons. The van der Waals surface area contributed by atoms with Crippen LogP contribution in [0.1, 0.15) is 0 Å². The Hall–Kier alpha value is -15.4. The van der Waals surface area contributed by atoms with Gasteiger partial charge in [0.05, 0.1) is 0 Å². The number of rotatable bonds is 5. The lowest BCUT2D eigenvalue weighted by molar-refractivity contribution is 0.668. The number of fused-ring (bicyclic) bond motifs is 27. The summed E-state index contributed by atoms with van der Waals surface area (Å²) >= 11 is 7.95. The maximum atomic E-state index is 6.46. The molecule has 0 unspecified atom stereocenters. The summed E-state index contributed by atoms with van der Waals surface area (Å²) in [6.45, 7) is 0. The van der Waals surface area contributed by atoms with Crippen LogP contribution in [0.2, 0.25) is 0 Å². The van der Waals surface area contributed by atoms with Crippen LogP contribution in [0.15, 0.2) is 391 Å². The fraction of sp³-hybridized carbons (Fsp3) is 0. The lowest BCUT2D eigenvalue weighted by Gasteiger charge is -2.16. The summed E-state index contributed by atoms with van der Waals surface area (Å²) in [5, 5.41) is 49.9. The first kappa shape index (κ1) is 68.1. The third-order valence-corrected chi connectivity index (χ3v) is 29.9. The van der Waals surface area contributed by atoms with Crippen molar-refractivity contribution < 1.29 is 17.7 Å². The van der Waals surface area contributed by atoms with Gasteiger partial charge in [-0.3, -0.25) is 0 Å². The minimum absolute atomic E-state index is 0.893. The second-order valence-corrected chi connectivity index (χ2v) is 36.3. The standard InChI is InChI=1S/C60H29BrO2.C60H31BrO2/c61-46-25-24-41-54-39(46)14-7-15-40(54)57-52(31-18-26-49-44(28-31)33-10-1-3-16-47(33)62-49)59-42-22-20-37-35-12-5-8-30-9-6-13-36(51(30)35)38-21-23-43(56(42)55(37)38)60(59)53(58(41)57)32-19-27-50-45(29-32)34-11-2-4-17-48(34)63-50;61-48-27-26-45-56-41(48)17-9-19-43(56)58-54(34-23-29-52-47(31-34)39-14-4-6-21-50(39)63-52)59-44-25-24-37(36-15-7-11-32-10-1-2-12-35(32)36)40-16-8-18-42(55(40)44)57(59)53(60(45)58)33-22-28-51-46(30-33)38-13-3-5-20-49(38)62-51/h1-29H;1-31H. The summed E-state index contributed by atoms with van der Waals surface area (Å²) < 4.78 is 28.0. The molecule has 0 aliphatic heterocycles. The van der Waals surface area contributed by atoms with E-state index in [0.717, 1.165) is 96.7 Å². The Morgan fingerprint density at radius 2 is 0.381 bits per heavy atom. The minimum Gasteiger partial charge on any atom is -0.456 e. The third kappa shape index (κ3) is 8.86. The van der Waals surface area contributed by atoms with Crippen molar-refractivity contribution in [2.45, 2.75) is 0 Å². The van der Waals surface area contributed by atoms with Crippen molar-refractivity contribution in [3.63, 3.8) is 0 Å². The van der Waals surface area contributed by atoms with E-state index in [2.05, 4.69) is 384 Å². The predicted octanol–water partition coefficient (Wildman–Crippen LogP) is 36.5. The molecule has 0 fully saturated rings. The highest BCUT2D eigenvalue weighted by molar-refractivity contribution is 9.11. The highest BCUT2D eigenvalue weighted by atomic mass is 79.9. The Kier molecular flexibility index (Phi) is 13.4. The molecule has 0 amide bonds. The maximum Gasteiger partial charge on any atom is 0.135 e. The van der Waals surface area contributed by atoms with Crippen molar-refractivity contribution in [1.82, 2.24) is 0 Å². The monoisotopic (exact) mass is 1720 g/mol. The van der Waals surface area contributed by atoms with Gasteiger partial charge in [0.2, 0.25) is 0 Å². The molecule has 0 atom stereocenters. The quantitative estimate of drug-likeness (QED) is 0.127. The fourth-order valence-corrected chi connectivity index (χ4v) is 24.5. The normalized spacial score (nSPS) is 12.7. The Labute approximate surface area is 732 Å². The van der Waals surface area contributed by atoms with Crippen molar-refractivity contribution in [1.29, 1.82) is 0 Å². The molecule has 0 spiro atoms. The van der Waals surface area contributed by atoms with Crippen LogP contribution < -0.4 is 0 Å². The Balaban J connectivity index is 0.000000123. The summed E-state index contributed by atoms with van der Waals surface area (Å²) in [6, 6.07) is 134. The van der Waals surface area contributed by atoms with Gasteiger partial charge in [-0.1, -0.05) is 311 Å². The lowest BCUT2D eigenvalue weighted by Crippen LogP contribution is -1.88. The molecule has 4 nitrogen and oxygen atoms in total. The second-order valence-electron chi connectivity index (χ2n) is 34.6. The van der Waals surface area contributed by atoms with E-state index in [9.17, 15) is 0 Å². The van der Waals surface area contributed by atoms with E-state index >= 15 is 0 Å². The molecule has 0 N–H and O–H groups in total. The van der Waals surface area contributed by atoms with Crippen LogP contribution in [0.5, 0.6) is 0 Å². The van der Waals surface area contributed by atoms with E-state index in [1.165, 1.54) is 228 Å². The topological polar surface area (TPSA) is 52.6 Å². The zero-order valence-electron chi connectivity index (χ0n) is 67.0. The molecule has 0 aliphatic carbocycles. The maximum absolute atomic E-state index is 6.46. The van der Waals surface area contributed by atoms with E-state index in [1.54, 1.807) is 0 Å². The number of benzene rings is 23. The van der Waals surface area contributed by atoms with Crippen LogP contribution in [0, 0.1) is 0 Å². The average Bonchev–Trinajstić information content (AvgIpc) is 1.51. The number of hydrogen-bond donors (Lipinski definition) is 0. The molecular formula is C120H60Br2O4. The van der Waals surface area contributed by atoms with Crippen LogP contribution in [0.3, 0.4) is 0 Å².